The first-order chi connectivity index (χ1) is 17.5. The van der Waals surface area contributed by atoms with E-state index in [9.17, 15) is 28.2 Å². The molecule has 1 atom stereocenters. The van der Waals surface area contributed by atoms with Crippen LogP contribution in [0.1, 0.15) is 16.1 Å². The molecule has 0 aliphatic heterocycles. The monoisotopic (exact) mass is 554 g/mol. The van der Waals surface area contributed by atoms with E-state index in [1.807, 2.05) is 19.1 Å². The summed E-state index contributed by atoms with van der Waals surface area (Å²) < 4.78 is 53.3. The second-order valence-corrected chi connectivity index (χ2v) is 9.78. The number of aliphatic carboxylic acids is 1. The van der Waals surface area contributed by atoms with Crippen LogP contribution in [0.5, 0.6) is 5.75 Å². The van der Waals surface area contributed by atoms with E-state index in [0.29, 0.717) is 11.4 Å². The molecule has 0 fully saturated rings. The predicted molar refractivity (Wildman–Crippen MR) is 133 cm³/mol. The SMILES string of the molecule is COCn1cc(C(O)(C(=O)O)C(F)(F)F)c2cc(OCCc3sc(-c4ccc(Cl)cc4)nc3C)ccc21. The highest BCUT2D eigenvalue weighted by molar-refractivity contribution is 7.15. The van der Waals surface area contributed by atoms with Crippen LogP contribution in [0.2, 0.25) is 5.02 Å². The first-order valence-electron chi connectivity index (χ1n) is 11.0. The van der Waals surface area contributed by atoms with Gasteiger partial charge in [-0.15, -0.1) is 11.3 Å². The van der Waals surface area contributed by atoms with Crippen LogP contribution in [0, 0.1) is 6.92 Å². The number of ether oxygens (including phenoxy) is 2. The third-order valence-electron chi connectivity index (χ3n) is 5.81. The number of carboxylic acid groups (broad SMARTS) is 1. The number of aryl methyl sites for hydroxylation is 1. The highest BCUT2D eigenvalue weighted by atomic mass is 35.5. The first-order valence-corrected chi connectivity index (χ1v) is 12.1. The number of thiazole rings is 1. The summed E-state index contributed by atoms with van der Waals surface area (Å²) in [4.78, 5) is 17.2. The summed E-state index contributed by atoms with van der Waals surface area (Å²) in [6.07, 6.45) is -4.04. The molecule has 0 aliphatic carbocycles. The summed E-state index contributed by atoms with van der Waals surface area (Å²) in [5.74, 6) is -2.21. The molecule has 0 saturated carbocycles. The lowest BCUT2D eigenvalue weighted by molar-refractivity contribution is -0.265. The van der Waals surface area contributed by atoms with Gasteiger partial charge in [0.2, 0.25) is 0 Å². The van der Waals surface area contributed by atoms with Gasteiger partial charge in [-0.25, -0.2) is 9.78 Å². The lowest BCUT2D eigenvalue weighted by Gasteiger charge is -2.25. The minimum atomic E-state index is -5.46. The average molecular weight is 555 g/mol. The summed E-state index contributed by atoms with van der Waals surface area (Å²) in [7, 11) is 1.34. The van der Waals surface area contributed by atoms with Crippen LogP contribution in [0.4, 0.5) is 13.2 Å². The second kappa shape index (κ2) is 10.3. The Labute approximate surface area is 218 Å². The molecule has 37 heavy (non-hydrogen) atoms. The van der Waals surface area contributed by atoms with Crippen molar-refractivity contribution in [2.75, 3.05) is 13.7 Å². The Kier molecular flexibility index (Phi) is 7.52. The Morgan fingerprint density at radius 2 is 1.89 bits per heavy atom. The Balaban J connectivity index is 1.59. The van der Waals surface area contributed by atoms with Gasteiger partial charge in [0.15, 0.2) is 0 Å². The highest BCUT2D eigenvalue weighted by Gasteiger charge is 2.62. The molecule has 0 spiro atoms. The highest BCUT2D eigenvalue weighted by Crippen LogP contribution is 2.43. The number of aliphatic hydroxyl groups is 1. The van der Waals surface area contributed by atoms with Gasteiger partial charge in [-0.1, -0.05) is 23.7 Å². The van der Waals surface area contributed by atoms with Crippen molar-refractivity contribution in [2.45, 2.75) is 31.9 Å². The molecule has 2 N–H and O–H groups in total. The number of halogens is 4. The van der Waals surface area contributed by atoms with Crippen molar-refractivity contribution in [3.05, 3.63) is 69.8 Å². The van der Waals surface area contributed by atoms with Crippen LogP contribution in [-0.4, -0.2) is 45.6 Å². The Bertz CT molecular complexity index is 1430. The van der Waals surface area contributed by atoms with Crippen molar-refractivity contribution in [1.82, 2.24) is 9.55 Å². The molecule has 0 amide bonds. The fourth-order valence-electron chi connectivity index (χ4n) is 3.93. The summed E-state index contributed by atoms with van der Waals surface area (Å²) in [5, 5.41) is 21.0. The van der Waals surface area contributed by atoms with Crippen LogP contribution in [0.25, 0.3) is 21.5 Å². The van der Waals surface area contributed by atoms with Crippen molar-refractivity contribution >= 4 is 39.8 Å². The summed E-state index contributed by atoms with van der Waals surface area (Å²) in [6.45, 7) is 1.93. The molecular weight excluding hydrogens is 533 g/mol. The number of fused-ring (bicyclic) bond motifs is 1. The molecule has 7 nitrogen and oxygen atoms in total. The molecule has 2 aromatic heterocycles. The van der Waals surface area contributed by atoms with Crippen molar-refractivity contribution in [2.24, 2.45) is 0 Å². The number of carbonyl (C=O) groups is 1. The van der Waals surface area contributed by atoms with E-state index in [1.165, 1.54) is 35.1 Å². The van der Waals surface area contributed by atoms with Gasteiger partial charge in [-0.3, -0.25) is 0 Å². The van der Waals surface area contributed by atoms with E-state index < -0.39 is 23.3 Å². The standard InChI is InChI=1S/C25H22ClF3N2O5S/c1-14-21(37-22(30-14)15-3-5-16(26)6-4-15)9-10-36-17-7-8-20-18(11-17)19(12-31(20)13-35-2)24(34,23(32)33)25(27,28)29/h3-8,11-12,34H,9-10,13H2,1-2H3,(H,32,33). The number of alkyl halides is 3. The molecule has 2 heterocycles. The zero-order valence-electron chi connectivity index (χ0n) is 19.7. The molecule has 0 saturated heterocycles. The van der Waals surface area contributed by atoms with Gasteiger partial charge >= 0.3 is 12.1 Å². The van der Waals surface area contributed by atoms with Crippen LogP contribution >= 0.6 is 22.9 Å². The maximum atomic E-state index is 13.7. The third-order valence-corrected chi connectivity index (χ3v) is 7.33. The molecule has 2 aromatic carbocycles. The Morgan fingerprint density at radius 1 is 1.19 bits per heavy atom. The predicted octanol–water partition coefficient (Wildman–Crippen LogP) is 5.79. The molecule has 0 aliphatic rings. The van der Waals surface area contributed by atoms with Gasteiger partial charge in [0.05, 0.1) is 17.8 Å². The largest absolute Gasteiger partial charge is 0.493 e. The lowest BCUT2D eigenvalue weighted by Crippen LogP contribution is -2.49. The average Bonchev–Trinajstić information content (AvgIpc) is 3.39. The van der Waals surface area contributed by atoms with Crippen molar-refractivity contribution in [3.8, 4) is 16.3 Å². The van der Waals surface area contributed by atoms with E-state index in [-0.39, 0.29) is 30.0 Å². The zero-order valence-corrected chi connectivity index (χ0v) is 21.2. The first kappa shape index (κ1) is 26.9. The van der Waals surface area contributed by atoms with E-state index in [4.69, 9.17) is 21.1 Å². The molecular formula is C25H22ClF3N2O5S. The molecule has 4 aromatic rings. The number of benzene rings is 2. The number of hydrogen-bond donors (Lipinski definition) is 2. The molecule has 4 rings (SSSR count). The van der Waals surface area contributed by atoms with Gasteiger partial charge in [-0.05, 0) is 37.3 Å². The summed E-state index contributed by atoms with van der Waals surface area (Å²) >= 11 is 7.45. The lowest BCUT2D eigenvalue weighted by atomic mass is 9.92. The van der Waals surface area contributed by atoms with Gasteiger partial charge in [0.1, 0.15) is 17.5 Å². The maximum Gasteiger partial charge on any atom is 0.432 e. The smallest absolute Gasteiger partial charge is 0.432 e. The molecule has 1 unspecified atom stereocenters. The third kappa shape index (κ3) is 5.17. The van der Waals surface area contributed by atoms with Crippen molar-refractivity contribution < 1.29 is 37.7 Å². The fourth-order valence-corrected chi connectivity index (χ4v) is 5.10. The number of aromatic nitrogens is 2. The van der Waals surface area contributed by atoms with Crippen molar-refractivity contribution in [3.63, 3.8) is 0 Å². The van der Waals surface area contributed by atoms with E-state index in [2.05, 4.69) is 4.98 Å². The summed E-state index contributed by atoms with van der Waals surface area (Å²) in [5.41, 5.74) is -2.92. The van der Waals surface area contributed by atoms with Gasteiger partial charge in [-0.2, -0.15) is 13.2 Å². The molecule has 12 heteroatoms. The number of rotatable bonds is 9. The van der Waals surface area contributed by atoms with Gasteiger partial charge in [0.25, 0.3) is 5.60 Å². The Morgan fingerprint density at radius 3 is 2.51 bits per heavy atom. The minimum absolute atomic E-state index is 0.115. The molecule has 0 bridgehead atoms. The zero-order chi connectivity index (χ0) is 27.0. The van der Waals surface area contributed by atoms with Gasteiger partial charge in [0, 0.05) is 46.1 Å². The van der Waals surface area contributed by atoms with Gasteiger partial charge < -0.3 is 24.3 Å². The number of hydrogen-bond acceptors (Lipinski definition) is 6. The summed E-state index contributed by atoms with van der Waals surface area (Å²) in [6, 6.07) is 11.7. The normalized spacial score (nSPS) is 13.6. The second-order valence-electron chi connectivity index (χ2n) is 8.26. The Hall–Kier alpha value is -3.12. The molecule has 0 radical (unpaired) electrons. The number of nitrogens with zero attached hydrogens (tertiary/aromatic N) is 2. The minimum Gasteiger partial charge on any atom is -0.493 e. The topological polar surface area (TPSA) is 93.8 Å². The van der Waals surface area contributed by atoms with E-state index in [0.717, 1.165) is 27.3 Å². The maximum absolute atomic E-state index is 13.7. The van der Waals surface area contributed by atoms with Crippen LogP contribution in [-0.2, 0) is 28.3 Å². The van der Waals surface area contributed by atoms with Crippen LogP contribution in [0.15, 0.2) is 48.7 Å². The van der Waals surface area contributed by atoms with Crippen molar-refractivity contribution in [1.29, 1.82) is 0 Å². The fraction of sp³-hybridized carbons (Fsp3) is 0.280. The van der Waals surface area contributed by atoms with E-state index >= 15 is 0 Å². The van der Waals surface area contributed by atoms with E-state index in [1.54, 1.807) is 18.2 Å². The number of methoxy groups -OCH3 is 1. The quantitative estimate of drug-likeness (QED) is 0.272. The molecule has 196 valence electrons. The van der Waals surface area contributed by atoms with Crippen LogP contribution < -0.4 is 4.74 Å². The number of carboxylic acids is 1. The van der Waals surface area contributed by atoms with Crippen LogP contribution in [0.3, 0.4) is 0 Å².